The Morgan fingerprint density at radius 3 is 2.62 bits per heavy atom. The maximum Gasteiger partial charge on any atom is 0.257 e. The van der Waals surface area contributed by atoms with Crippen molar-refractivity contribution in [3.05, 3.63) is 29.3 Å². The van der Waals surface area contributed by atoms with Crippen LogP contribution in [0.3, 0.4) is 0 Å². The number of likely N-dealkylation sites (N-methyl/N-ethyl adjacent to an activating group) is 1. The van der Waals surface area contributed by atoms with Gasteiger partial charge in [0.05, 0.1) is 18.2 Å². The summed E-state index contributed by atoms with van der Waals surface area (Å²) in [6, 6.07) is 0.830. The minimum atomic E-state index is -4.47. The van der Waals surface area contributed by atoms with Crippen LogP contribution in [0.25, 0.3) is 0 Å². The molecule has 0 aliphatic carbocycles. The Morgan fingerprint density at radius 1 is 1.43 bits per heavy atom. The van der Waals surface area contributed by atoms with Gasteiger partial charge < -0.3 is 9.64 Å². The van der Waals surface area contributed by atoms with Crippen molar-refractivity contribution in [1.82, 2.24) is 4.90 Å². The van der Waals surface area contributed by atoms with Gasteiger partial charge in [-0.2, -0.15) is 0 Å². The average molecular weight is 320 g/mol. The number of nitrogens with two attached hydrogens (primary N) is 1. The van der Waals surface area contributed by atoms with Gasteiger partial charge in [-0.3, -0.25) is 4.79 Å². The molecule has 2 N–H and O–H groups in total. The second-order valence-electron chi connectivity index (χ2n) is 4.74. The fourth-order valence-electron chi connectivity index (χ4n) is 2.11. The molecule has 1 unspecified atom stereocenters. The third kappa shape index (κ3) is 3.20. The molecule has 0 bridgehead atoms. The highest BCUT2D eigenvalue weighted by molar-refractivity contribution is 7.89. The van der Waals surface area contributed by atoms with Crippen molar-refractivity contribution in [3.8, 4) is 0 Å². The molecule has 21 heavy (non-hydrogen) atoms. The smallest absolute Gasteiger partial charge is 0.257 e. The molecule has 116 valence electrons. The highest BCUT2D eigenvalue weighted by Gasteiger charge is 2.29. The van der Waals surface area contributed by atoms with E-state index in [0.29, 0.717) is 31.8 Å². The van der Waals surface area contributed by atoms with E-state index in [1.54, 1.807) is 0 Å². The summed E-state index contributed by atoms with van der Waals surface area (Å²) in [5.41, 5.74) is -0.673. The molecule has 2 rings (SSSR count). The third-order valence-corrected chi connectivity index (χ3v) is 4.22. The Kier molecular flexibility index (Phi) is 4.26. The fraction of sp³-hybridized carbons (Fsp3) is 0.417. The Labute approximate surface area is 120 Å². The Hall–Kier alpha value is -1.58. The molecule has 0 spiro atoms. The predicted octanol–water partition coefficient (Wildman–Crippen LogP) is 0.473. The standard InChI is InChI=1S/C12H14F2N2O4S/c1-16(8-2-3-20-6-8)12(17)9-4-7(13)5-10(11(9)14)21(15,18)19/h4-5,8H,2-3,6H2,1H3,(H2,15,18,19). The number of rotatable bonds is 3. The molecule has 6 nitrogen and oxygen atoms in total. The summed E-state index contributed by atoms with van der Waals surface area (Å²) in [5, 5.41) is 4.81. The van der Waals surface area contributed by atoms with E-state index >= 15 is 0 Å². The monoisotopic (exact) mass is 320 g/mol. The highest BCUT2D eigenvalue weighted by atomic mass is 32.2. The van der Waals surface area contributed by atoms with Crippen molar-refractivity contribution in [2.45, 2.75) is 17.4 Å². The van der Waals surface area contributed by atoms with E-state index in [1.165, 1.54) is 11.9 Å². The van der Waals surface area contributed by atoms with Crippen molar-refractivity contribution >= 4 is 15.9 Å². The van der Waals surface area contributed by atoms with Crippen molar-refractivity contribution in [2.75, 3.05) is 20.3 Å². The van der Waals surface area contributed by atoms with Gasteiger partial charge in [-0.05, 0) is 18.6 Å². The fourth-order valence-corrected chi connectivity index (χ4v) is 2.75. The van der Waals surface area contributed by atoms with Gasteiger partial charge >= 0.3 is 0 Å². The number of sulfonamides is 1. The molecule has 1 saturated heterocycles. The van der Waals surface area contributed by atoms with Gasteiger partial charge in [-0.15, -0.1) is 0 Å². The van der Waals surface area contributed by atoms with Gasteiger partial charge in [0.2, 0.25) is 10.0 Å². The summed E-state index contributed by atoms with van der Waals surface area (Å²) in [6.07, 6.45) is 0.571. The molecule has 0 aromatic heterocycles. The normalized spacial score (nSPS) is 18.8. The first-order valence-corrected chi connectivity index (χ1v) is 7.63. The Morgan fingerprint density at radius 2 is 2.10 bits per heavy atom. The molecule has 1 amide bonds. The summed E-state index contributed by atoms with van der Waals surface area (Å²) in [7, 11) is -3.05. The Bertz CT molecular complexity index is 672. The van der Waals surface area contributed by atoms with Crippen molar-refractivity contribution in [1.29, 1.82) is 0 Å². The summed E-state index contributed by atoms with van der Waals surface area (Å²) in [5.74, 6) is -3.23. The first-order chi connectivity index (χ1) is 9.71. The molecule has 0 radical (unpaired) electrons. The number of nitrogens with zero attached hydrogens (tertiary/aromatic N) is 1. The summed E-state index contributed by atoms with van der Waals surface area (Å²) < 4.78 is 55.2. The summed E-state index contributed by atoms with van der Waals surface area (Å²) >= 11 is 0. The molecule has 1 aromatic carbocycles. The van der Waals surface area contributed by atoms with Crippen LogP contribution in [-0.2, 0) is 14.8 Å². The van der Waals surface area contributed by atoms with Crippen LogP contribution in [0.1, 0.15) is 16.8 Å². The Balaban J connectivity index is 2.44. The lowest BCUT2D eigenvalue weighted by molar-refractivity contribution is 0.0705. The minimum absolute atomic E-state index is 0.266. The number of hydrogen-bond acceptors (Lipinski definition) is 4. The first-order valence-electron chi connectivity index (χ1n) is 6.08. The molecule has 1 aromatic rings. The highest BCUT2D eigenvalue weighted by Crippen LogP contribution is 2.22. The number of ether oxygens (including phenoxy) is 1. The van der Waals surface area contributed by atoms with Crippen LogP contribution < -0.4 is 5.14 Å². The number of amides is 1. The molecule has 1 atom stereocenters. The van der Waals surface area contributed by atoms with Gasteiger partial charge in [0, 0.05) is 13.7 Å². The van der Waals surface area contributed by atoms with E-state index in [-0.39, 0.29) is 6.04 Å². The largest absolute Gasteiger partial charge is 0.379 e. The van der Waals surface area contributed by atoms with Crippen molar-refractivity contribution < 1.29 is 26.7 Å². The van der Waals surface area contributed by atoms with E-state index in [4.69, 9.17) is 9.88 Å². The summed E-state index contributed by atoms with van der Waals surface area (Å²) in [4.78, 5) is 12.4. The van der Waals surface area contributed by atoms with Crippen molar-refractivity contribution in [2.24, 2.45) is 5.14 Å². The number of benzene rings is 1. The van der Waals surface area contributed by atoms with Crippen molar-refractivity contribution in [3.63, 3.8) is 0 Å². The maximum absolute atomic E-state index is 14.1. The van der Waals surface area contributed by atoms with E-state index in [2.05, 4.69) is 0 Å². The first kappa shape index (κ1) is 15.8. The minimum Gasteiger partial charge on any atom is -0.379 e. The van der Waals surface area contributed by atoms with Crippen LogP contribution in [0, 0.1) is 11.6 Å². The molecule has 9 heteroatoms. The molecule has 1 aliphatic heterocycles. The van der Waals surface area contributed by atoms with Gasteiger partial charge in [0.15, 0.2) is 5.82 Å². The lowest BCUT2D eigenvalue weighted by Gasteiger charge is -2.23. The van der Waals surface area contributed by atoms with E-state index < -0.39 is 38.0 Å². The molecular weight excluding hydrogens is 306 g/mol. The zero-order valence-electron chi connectivity index (χ0n) is 11.2. The number of hydrogen-bond donors (Lipinski definition) is 1. The number of carbonyl (C=O) groups excluding carboxylic acids is 1. The SMILES string of the molecule is CN(C(=O)c1cc(F)cc(S(N)(=O)=O)c1F)C1CCOC1. The van der Waals surface area contributed by atoms with Crippen LogP contribution in [0.15, 0.2) is 17.0 Å². The second-order valence-corrected chi connectivity index (χ2v) is 6.27. The summed E-state index contributed by atoms with van der Waals surface area (Å²) in [6.45, 7) is 0.761. The van der Waals surface area contributed by atoms with Crippen LogP contribution in [0.2, 0.25) is 0 Å². The molecule has 1 fully saturated rings. The topological polar surface area (TPSA) is 89.7 Å². The zero-order valence-corrected chi connectivity index (χ0v) is 12.0. The van der Waals surface area contributed by atoms with Gasteiger partial charge in [-0.1, -0.05) is 0 Å². The molecule has 0 saturated carbocycles. The number of carbonyl (C=O) groups is 1. The average Bonchev–Trinajstić information content (AvgIpc) is 2.92. The lowest BCUT2D eigenvalue weighted by atomic mass is 10.1. The van der Waals surface area contributed by atoms with Crippen LogP contribution >= 0.6 is 0 Å². The van der Waals surface area contributed by atoms with Crippen LogP contribution in [-0.4, -0.2) is 45.5 Å². The predicted molar refractivity (Wildman–Crippen MR) is 69.0 cm³/mol. The molecule has 1 heterocycles. The third-order valence-electron chi connectivity index (χ3n) is 3.31. The van der Waals surface area contributed by atoms with Gasteiger partial charge in [0.25, 0.3) is 5.91 Å². The van der Waals surface area contributed by atoms with Gasteiger partial charge in [-0.25, -0.2) is 22.3 Å². The second kappa shape index (κ2) is 5.66. The van der Waals surface area contributed by atoms with Crippen LogP contribution in [0.4, 0.5) is 8.78 Å². The van der Waals surface area contributed by atoms with E-state index in [0.717, 1.165) is 0 Å². The quantitative estimate of drug-likeness (QED) is 0.877. The maximum atomic E-state index is 14.1. The van der Waals surface area contributed by atoms with Gasteiger partial charge in [0.1, 0.15) is 10.7 Å². The van der Waals surface area contributed by atoms with E-state index in [9.17, 15) is 22.0 Å². The number of primary sulfonamides is 1. The molecular formula is C12H14F2N2O4S. The zero-order chi connectivity index (χ0) is 15.8. The lowest BCUT2D eigenvalue weighted by Crippen LogP contribution is -2.38. The van der Waals surface area contributed by atoms with Crippen LogP contribution in [0.5, 0.6) is 0 Å². The molecule has 1 aliphatic rings. The number of halogens is 2. The van der Waals surface area contributed by atoms with E-state index in [1.807, 2.05) is 0 Å².